The van der Waals surface area contributed by atoms with Crippen molar-refractivity contribution in [3.63, 3.8) is 0 Å². The fraction of sp³-hybridized carbons (Fsp3) is 0.300. The molecule has 1 aliphatic heterocycles. The zero-order chi connectivity index (χ0) is 20.6. The Morgan fingerprint density at radius 3 is 2.62 bits per heavy atom. The average molecular weight is 412 g/mol. The Balaban J connectivity index is 1.77. The smallest absolute Gasteiger partial charge is 0.238 e. The van der Waals surface area contributed by atoms with E-state index in [1.807, 2.05) is 6.07 Å². The molecule has 0 atom stereocenters. The van der Waals surface area contributed by atoms with Gasteiger partial charge in [0.05, 0.1) is 28.9 Å². The fourth-order valence-corrected chi connectivity index (χ4v) is 4.70. The standard InChI is InChI=1S/C20H20N4O4S/c21-29(27,28)18-3-1-2-14-19(18)17(25)10-15(20(14)26)24-16-11-23-9-6-13(16)12-4-7-22-8-5-12/h1-3,6,9,11-12,22H,4-5,7-8,10H2,(H2,21,27,28). The van der Waals surface area contributed by atoms with E-state index in [1.54, 1.807) is 12.4 Å². The van der Waals surface area contributed by atoms with Gasteiger partial charge < -0.3 is 5.32 Å². The van der Waals surface area contributed by atoms with Gasteiger partial charge in [-0.2, -0.15) is 0 Å². The van der Waals surface area contributed by atoms with E-state index in [4.69, 9.17) is 5.14 Å². The van der Waals surface area contributed by atoms with Gasteiger partial charge in [-0.3, -0.25) is 14.6 Å². The van der Waals surface area contributed by atoms with Gasteiger partial charge >= 0.3 is 0 Å². The van der Waals surface area contributed by atoms with E-state index in [2.05, 4.69) is 15.3 Å². The molecule has 1 fully saturated rings. The number of sulfonamides is 1. The molecule has 2 aromatic rings. The molecule has 0 unspecified atom stereocenters. The van der Waals surface area contributed by atoms with Crippen LogP contribution in [0.4, 0.5) is 5.69 Å². The molecule has 29 heavy (non-hydrogen) atoms. The molecule has 9 heteroatoms. The maximum atomic E-state index is 13.0. The number of ketones is 2. The molecule has 1 aromatic carbocycles. The Morgan fingerprint density at radius 1 is 1.14 bits per heavy atom. The summed E-state index contributed by atoms with van der Waals surface area (Å²) >= 11 is 0. The number of nitrogens with one attached hydrogen (secondary N) is 1. The number of aromatic nitrogens is 1. The number of rotatable bonds is 3. The monoisotopic (exact) mass is 412 g/mol. The second-order valence-electron chi connectivity index (χ2n) is 7.17. The molecule has 150 valence electrons. The number of aliphatic imine (C=N–C) groups is 1. The molecule has 0 radical (unpaired) electrons. The first-order valence-corrected chi connectivity index (χ1v) is 10.9. The van der Waals surface area contributed by atoms with Crippen LogP contribution in [0.1, 0.15) is 51.5 Å². The van der Waals surface area contributed by atoms with E-state index in [0.717, 1.165) is 31.5 Å². The highest BCUT2D eigenvalue weighted by Crippen LogP contribution is 2.33. The lowest BCUT2D eigenvalue weighted by Crippen LogP contribution is -2.30. The number of nitrogens with two attached hydrogens (primary N) is 1. The first-order valence-electron chi connectivity index (χ1n) is 9.32. The van der Waals surface area contributed by atoms with Crippen molar-refractivity contribution in [3.05, 3.63) is 53.3 Å². The highest BCUT2D eigenvalue weighted by Gasteiger charge is 2.34. The molecule has 3 N–H and O–H groups in total. The minimum atomic E-state index is -4.13. The molecule has 0 amide bonds. The van der Waals surface area contributed by atoms with Crippen LogP contribution in [0.3, 0.4) is 0 Å². The van der Waals surface area contributed by atoms with Crippen LogP contribution >= 0.6 is 0 Å². The molecule has 0 spiro atoms. The topological polar surface area (TPSA) is 132 Å². The van der Waals surface area contributed by atoms with Crippen LogP contribution in [0.25, 0.3) is 0 Å². The highest BCUT2D eigenvalue weighted by molar-refractivity contribution is 7.89. The molecule has 4 rings (SSSR count). The van der Waals surface area contributed by atoms with Gasteiger partial charge in [-0.25, -0.2) is 18.5 Å². The van der Waals surface area contributed by atoms with Gasteiger partial charge in [-0.15, -0.1) is 0 Å². The van der Waals surface area contributed by atoms with E-state index in [0.29, 0.717) is 11.6 Å². The number of benzene rings is 1. The quantitative estimate of drug-likeness (QED) is 0.789. The third-order valence-corrected chi connectivity index (χ3v) is 6.27. The Morgan fingerprint density at radius 2 is 1.90 bits per heavy atom. The van der Waals surface area contributed by atoms with Crippen molar-refractivity contribution in [3.8, 4) is 0 Å². The first-order chi connectivity index (χ1) is 13.9. The van der Waals surface area contributed by atoms with Crippen molar-refractivity contribution in [1.82, 2.24) is 10.3 Å². The number of carbonyl (C=O) groups is 2. The summed E-state index contributed by atoms with van der Waals surface area (Å²) in [6, 6.07) is 5.96. The second kappa shape index (κ2) is 7.58. The molecule has 0 bridgehead atoms. The molecule has 2 heterocycles. The van der Waals surface area contributed by atoms with E-state index >= 15 is 0 Å². The third kappa shape index (κ3) is 3.76. The lowest BCUT2D eigenvalue weighted by molar-refractivity contribution is 0.0962. The van der Waals surface area contributed by atoms with Crippen LogP contribution in [0, 0.1) is 0 Å². The van der Waals surface area contributed by atoms with Crippen molar-refractivity contribution in [2.75, 3.05) is 13.1 Å². The summed E-state index contributed by atoms with van der Waals surface area (Å²) in [5.74, 6) is -0.658. The first kappa shape index (κ1) is 19.6. The minimum absolute atomic E-state index is 0.0128. The van der Waals surface area contributed by atoms with Crippen molar-refractivity contribution < 1.29 is 18.0 Å². The summed E-state index contributed by atoms with van der Waals surface area (Å²) in [7, 11) is -4.13. The lowest BCUT2D eigenvalue weighted by Gasteiger charge is -2.24. The van der Waals surface area contributed by atoms with E-state index in [1.165, 1.54) is 18.2 Å². The van der Waals surface area contributed by atoms with Crippen LogP contribution in [-0.2, 0) is 10.0 Å². The van der Waals surface area contributed by atoms with Crippen LogP contribution in [0.2, 0.25) is 0 Å². The number of fused-ring (bicyclic) bond motifs is 1. The number of carbonyl (C=O) groups excluding carboxylic acids is 2. The van der Waals surface area contributed by atoms with E-state index in [9.17, 15) is 18.0 Å². The normalized spacial score (nSPS) is 19.4. The predicted molar refractivity (Wildman–Crippen MR) is 107 cm³/mol. The second-order valence-corrected chi connectivity index (χ2v) is 8.70. The van der Waals surface area contributed by atoms with Gasteiger partial charge in [0.15, 0.2) is 5.78 Å². The minimum Gasteiger partial charge on any atom is -0.317 e. The van der Waals surface area contributed by atoms with Gasteiger partial charge in [0.1, 0.15) is 0 Å². The van der Waals surface area contributed by atoms with Crippen molar-refractivity contribution >= 4 is 33.0 Å². The zero-order valence-electron chi connectivity index (χ0n) is 15.6. The van der Waals surface area contributed by atoms with Crippen LogP contribution in [0.15, 0.2) is 46.5 Å². The van der Waals surface area contributed by atoms with Crippen molar-refractivity contribution in [2.45, 2.75) is 30.1 Å². The van der Waals surface area contributed by atoms with Crippen LogP contribution in [-0.4, -0.2) is 43.8 Å². The summed E-state index contributed by atoms with van der Waals surface area (Å²) in [5.41, 5.74) is 1.51. The molecule has 1 aromatic heterocycles. The van der Waals surface area contributed by atoms with Gasteiger partial charge in [0.25, 0.3) is 0 Å². The number of pyridine rings is 1. The number of hydrogen-bond donors (Lipinski definition) is 2. The zero-order valence-corrected chi connectivity index (χ0v) is 16.4. The molecular weight excluding hydrogens is 392 g/mol. The lowest BCUT2D eigenvalue weighted by atomic mass is 9.87. The maximum absolute atomic E-state index is 13.0. The predicted octanol–water partition coefficient (Wildman–Crippen LogP) is 1.74. The fourth-order valence-electron chi connectivity index (χ4n) is 3.93. The SMILES string of the molecule is NS(=O)(=O)c1cccc2c1C(=O)CC(=Nc1cnccc1C1CCNCC1)C2=O. The largest absolute Gasteiger partial charge is 0.317 e. The van der Waals surface area contributed by atoms with Crippen molar-refractivity contribution in [2.24, 2.45) is 10.1 Å². The van der Waals surface area contributed by atoms with Gasteiger partial charge in [-0.1, -0.05) is 12.1 Å². The number of nitrogens with zero attached hydrogens (tertiary/aromatic N) is 2. The summed E-state index contributed by atoms with van der Waals surface area (Å²) in [6.07, 6.45) is 4.92. The molecule has 1 saturated heterocycles. The van der Waals surface area contributed by atoms with Crippen LogP contribution < -0.4 is 10.5 Å². The highest BCUT2D eigenvalue weighted by atomic mass is 32.2. The number of piperidine rings is 1. The number of primary sulfonamides is 1. The Labute approximate surface area is 168 Å². The van der Waals surface area contributed by atoms with Gasteiger partial charge in [0, 0.05) is 17.3 Å². The molecule has 8 nitrogen and oxygen atoms in total. The molecule has 0 saturated carbocycles. The number of hydrogen-bond acceptors (Lipinski definition) is 7. The number of Topliss-reactive ketones (excluding diaryl/α,β-unsaturated/α-hetero) is 2. The molecule has 1 aliphatic carbocycles. The van der Waals surface area contributed by atoms with E-state index < -0.39 is 21.6 Å². The van der Waals surface area contributed by atoms with Gasteiger partial charge in [-0.05, 0) is 49.5 Å². The summed E-state index contributed by atoms with van der Waals surface area (Å²) in [5, 5.41) is 8.53. The molecular formula is C20H20N4O4S. The Bertz CT molecular complexity index is 1130. The summed E-state index contributed by atoms with van der Waals surface area (Å²) in [6.45, 7) is 1.81. The Kier molecular flexibility index (Phi) is 5.12. The molecule has 2 aliphatic rings. The summed E-state index contributed by atoms with van der Waals surface area (Å²) < 4.78 is 23.6. The van der Waals surface area contributed by atoms with Crippen molar-refractivity contribution in [1.29, 1.82) is 0 Å². The average Bonchev–Trinajstić information content (AvgIpc) is 2.72. The summed E-state index contributed by atoms with van der Waals surface area (Å²) in [4.78, 5) is 34.0. The van der Waals surface area contributed by atoms with Crippen LogP contribution in [0.5, 0.6) is 0 Å². The van der Waals surface area contributed by atoms with E-state index in [-0.39, 0.29) is 28.2 Å². The van der Waals surface area contributed by atoms with Gasteiger partial charge in [0.2, 0.25) is 15.8 Å². The maximum Gasteiger partial charge on any atom is 0.238 e. The Hall–Kier alpha value is -2.75. The third-order valence-electron chi connectivity index (χ3n) is 5.31.